The number of H-pyrrole nitrogens is 1. The van der Waals surface area contributed by atoms with Gasteiger partial charge in [0.1, 0.15) is 6.04 Å². The number of nitrogens with zero attached hydrogens (tertiary/aromatic N) is 4. The summed E-state index contributed by atoms with van der Waals surface area (Å²) < 4.78 is 0. The van der Waals surface area contributed by atoms with Gasteiger partial charge in [0.15, 0.2) is 5.82 Å². The van der Waals surface area contributed by atoms with Gasteiger partial charge in [-0.1, -0.05) is 48.5 Å². The molecule has 1 aromatic heterocycles. The summed E-state index contributed by atoms with van der Waals surface area (Å²) in [6.45, 7) is 3.10. The smallest absolute Gasteiger partial charge is 0.326 e. The molecule has 138 valence electrons. The number of benzene rings is 2. The number of amides is 1. The molecule has 0 spiro atoms. The number of nitrogens with one attached hydrogen (secondary N) is 1. The Labute approximate surface area is 155 Å². The molecule has 8 nitrogen and oxygen atoms in total. The van der Waals surface area contributed by atoms with E-state index in [9.17, 15) is 14.7 Å². The zero-order valence-electron chi connectivity index (χ0n) is 15.0. The summed E-state index contributed by atoms with van der Waals surface area (Å²) in [5.41, 5.74) is 3.65. The summed E-state index contributed by atoms with van der Waals surface area (Å²) in [6.07, 6.45) is 0. The Hall–Kier alpha value is -3.55. The van der Waals surface area contributed by atoms with Crippen molar-refractivity contribution in [2.75, 3.05) is 0 Å². The number of carbonyl (C=O) groups excluding carboxylic acids is 1. The molecule has 0 saturated heterocycles. The zero-order chi connectivity index (χ0) is 19.4. The number of aliphatic carboxylic acids is 1. The highest BCUT2D eigenvalue weighted by Crippen LogP contribution is 2.29. The Kier molecular flexibility index (Phi) is 5.25. The monoisotopic (exact) mass is 365 g/mol. The van der Waals surface area contributed by atoms with Crippen LogP contribution in [0.4, 0.5) is 0 Å². The fourth-order valence-corrected chi connectivity index (χ4v) is 2.86. The van der Waals surface area contributed by atoms with E-state index in [1.165, 1.54) is 18.7 Å². The van der Waals surface area contributed by atoms with Crippen LogP contribution in [0.15, 0.2) is 48.5 Å². The van der Waals surface area contributed by atoms with Crippen LogP contribution in [0.2, 0.25) is 0 Å². The summed E-state index contributed by atoms with van der Waals surface area (Å²) in [5.74, 6) is -0.735. The minimum atomic E-state index is -1.03. The molecule has 0 aliphatic rings. The molecule has 3 aromatic rings. The normalized spacial score (nSPS) is 11.8. The van der Waals surface area contributed by atoms with Gasteiger partial charge in [-0.25, -0.2) is 9.89 Å². The minimum absolute atomic E-state index is 0.233. The molecule has 0 fully saturated rings. The van der Waals surface area contributed by atoms with Crippen LogP contribution in [-0.2, 0) is 16.1 Å². The molecule has 2 aromatic carbocycles. The predicted octanol–water partition coefficient (Wildman–Crippen LogP) is 2.36. The fourth-order valence-electron chi connectivity index (χ4n) is 2.86. The van der Waals surface area contributed by atoms with Crippen molar-refractivity contribution in [3.05, 3.63) is 54.1 Å². The highest BCUT2D eigenvalue weighted by atomic mass is 16.4. The maximum atomic E-state index is 11.8. The van der Waals surface area contributed by atoms with E-state index in [2.05, 4.69) is 20.6 Å². The maximum Gasteiger partial charge on any atom is 0.326 e. The largest absolute Gasteiger partial charge is 0.480 e. The van der Waals surface area contributed by atoms with Gasteiger partial charge in [0.25, 0.3) is 0 Å². The fraction of sp³-hybridized carbons (Fsp3) is 0.211. The number of carboxylic acid groups (broad SMARTS) is 1. The minimum Gasteiger partial charge on any atom is -0.480 e. The first-order valence-electron chi connectivity index (χ1n) is 8.40. The molecule has 0 bridgehead atoms. The Morgan fingerprint density at radius 2 is 1.78 bits per heavy atom. The molecule has 1 atom stereocenters. The van der Waals surface area contributed by atoms with Crippen molar-refractivity contribution in [1.29, 1.82) is 0 Å². The van der Waals surface area contributed by atoms with E-state index in [0.29, 0.717) is 5.82 Å². The number of aromatic nitrogens is 4. The van der Waals surface area contributed by atoms with Gasteiger partial charge in [0, 0.05) is 19.0 Å². The average Bonchev–Trinajstić information content (AvgIpc) is 3.20. The lowest BCUT2D eigenvalue weighted by Gasteiger charge is -2.25. The van der Waals surface area contributed by atoms with Gasteiger partial charge in [-0.3, -0.25) is 4.79 Å². The standard InChI is InChI=1S/C19H19N5O3/c1-12(19(26)27)24(13(2)25)11-14-7-9-15(10-8-14)16-5-3-4-6-17(16)18-20-22-23-21-18/h3-10,12H,11H2,1-2H3,(H,26,27)(H,20,21,22,23)/t12-/m0/s1. The SMILES string of the molecule is CC(=O)N(Cc1ccc(-c2ccccc2-c2nnn[nH]2)cc1)[C@@H](C)C(=O)O. The first-order valence-corrected chi connectivity index (χ1v) is 8.40. The Morgan fingerprint density at radius 1 is 1.11 bits per heavy atom. The first kappa shape index (κ1) is 18.2. The van der Waals surface area contributed by atoms with Gasteiger partial charge >= 0.3 is 5.97 Å². The average molecular weight is 365 g/mol. The molecule has 3 rings (SSSR count). The van der Waals surface area contributed by atoms with Crippen molar-refractivity contribution in [1.82, 2.24) is 25.5 Å². The van der Waals surface area contributed by atoms with Crippen molar-refractivity contribution >= 4 is 11.9 Å². The summed E-state index contributed by atoms with van der Waals surface area (Å²) in [6, 6.07) is 14.5. The van der Waals surface area contributed by atoms with E-state index in [0.717, 1.165) is 22.3 Å². The van der Waals surface area contributed by atoms with E-state index >= 15 is 0 Å². The lowest BCUT2D eigenvalue weighted by atomic mass is 9.98. The number of tetrazole rings is 1. The number of carboxylic acids is 1. The molecule has 0 unspecified atom stereocenters. The highest BCUT2D eigenvalue weighted by Gasteiger charge is 2.23. The third-order valence-electron chi connectivity index (χ3n) is 4.37. The second-order valence-electron chi connectivity index (χ2n) is 6.15. The van der Waals surface area contributed by atoms with Crippen molar-refractivity contribution in [2.24, 2.45) is 0 Å². The number of hydrogen-bond acceptors (Lipinski definition) is 5. The molecule has 2 N–H and O–H groups in total. The molecule has 0 aliphatic carbocycles. The third kappa shape index (κ3) is 4.00. The molecule has 0 saturated carbocycles. The van der Waals surface area contributed by atoms with Crippen molar-refractivity contribution in [3.63, 3.8) is 0 Å². The van der Waals surface area contributed by atoms with Gasteiger partial charge < -0.3 is 10.0 Å². The van der Waals surface area contributed by atoms with Gasteiger partial charge in [-0.2, -0.15) is 0 Å². The Morgan fingerprint density at radius 3 is 2.33 bits per heavy atom. The molecule has 1 amide bonds. The summed E-state index contributed by atoms with van der Waals surface area (Å²) >= 11 is 0. The Bertz CT molecular complexity index is 938. The van der Waals surface area contributed by atoms with E-state index in [4.69, 9.17) is 0 Å². The van der Waals surface area contributed by atoms with E-state index in [1.54, 1.807) is 0 Å². The van der Waals surface area contributed by atoms with Crippen LogP contribution in [0.25, 0.3) is 22.5 Å². The van der Waals surface area contributed by atoms with E-state index < -0.39 is 12.0 Å². The molecule has 27 heavy (non-hydrogen) atoms. The second kappa shape index (κ2) is 7.77. The van der Waals surface area contributed by atoms with Crippen molar-refractivity contribution < 1.29 is 14.7 Å². The third-order valence-corrected chi connectivity index (χ3v) is 4.37. The molecule has 0 aliphatic heterocycles. The predicted molar refractivity (Wildman–Crippen MR) is 98.4 cm³/mol. The van der Waals surface area contributed by atoms with E-state index in [1.807, 2.05) is 48.5 Å². The summed E-state index contributed by atoms with van der Waals surface area (Å²) in [4.78, 5) is 24.3. The topological polar surface area (TPSA) is 112 Å². The number of hydrogen-bond donors (Lipinski definition) is 2. The second-order valence-corrected chi connectivity index (χ2v) is 6.15. The van der Waals surface area contributed by atoms with Gasteiger partial charge in [0.2, 0.25) is 5.91 Å². The molecule has 0 radical (unpaired) electrons. The van der Waals surface area contributed by atoms with Gasteiger partial charge in [0.05, 0.1) is 0 Å². The lowest BCUT2D eigenvalue weighted by molar-refractivity contribution is -0.149. The van der Waals surface area contributed by atoms with Crippen molar-refractivity contribution in [3.8, 4) is 22.5 Å². The summed E-state index contributed by atoms with van der Waals surface area (Å²) in [7, 11) is 0. The maximum absolute atomic E-state index is 11.8. The van der Waals surface area contributed by atoms with Crippen LogP contribution in [-0.4, -0.2) is 48.5 Å². The van der Waals surface area contributed by atoms with Gasteiger partial charge in [-0.05, 0) is 34.0 Å². The van der Waals surface area contributed by atoms with Crippen LogP contribution in [0.3, 0.4) is 0 Å². The molecular formula is C19H19N5O3. The van der Waals surface area contributed by atoms with Crippen LogP contribution in [0, 0.1) is 0 Å². The van der Waals surface area contributed by atoms with Crippen molar-refractivity contribution in [2.45, 2.75) is 26.4 Å². The lowest BCUT2D eigenvalue weighted by Crippen LogP contribution is -2.41. The zero-order valence-corrected chi connectivity index (χ0v) is 15.0. The number of rotatable bonds is 6. The van der Waals surface area contributed by atoms with Gasteiger partial charge in [-0.15, -0.1) is 5.10 Å². The first-order chi connectivity index (χ1) is 13.0. The molecular weight excluding hydrogens is 346 g/mol. The molecule has 8 heteroatoms. The van der Waals surface area contributed by atoms with Crippen LogP contribution in [0.5, 0.6) is 0 Å². The van der Waals surface area contributed by atoms with Crippen LogP contribution >= 0.6 is 0 Å². The number of carbonyl (C=O) groups is 2. The van der Waals surface area contributed by atoms with Crippen LogP contribution in [0.1, 0.15) is 19.4 Å². The summed E-state index contributed by atoms with van der Waals surface area (Å²) in [5, 5.41) is 23.2. The van der Waals surface area contributed by atoms with Crippen LogP contribution < -0.4 is 0 Å². The van der Waals surface area contributed by atoms with E-state index in [-0.39, 0.29) is 12.5 Å². The Balaban J connectivity index is 1.86. The quantitative estimate of drug-likeness (QED) is 0.693. The highest BCUT2D eigenvalue weighted by molar-refractivity contribution is 5.82. The molecule has 1 heterocycles. The number of aromatic amines is 1.